The maximum Gasteiger partial charge on any atom is 0.487 e. The minimum atomic E-state index is -3.82. The van der Waals surface area contributed by atoms with Crippen LogP contribution in [0.1, 0.15) is 29.7 Å². The fourth-order valence-corrected chi connectivity index (χ4v) is 4.00. The first-order valence-corrected chi connectivity index (χ1v) is 10.8. The Balaban J connectivity index is 1.51. The number of hydrogen-bond acceptors (Lipinski definition) is 6. The zero-order valence-corrected chi connectivity index (χ0v) is 18.6. The van der Waals surface area contributed by atoms with Crippen LogP contribution in [0.4, 0.5) is 14.5 Å². The molecule has 0 saturated carbocycles. The second kappa shape index (κ2) is 8.53. The van der Waals surface area contributed by atoms with E-state index in [-0.39, 0.29) is 11.8 Å². The molecule has 174 valence electrons. The van der Waals surface area contributed by atoms with Crippen molar-refractivity contribution in [3.8, 4) is 23.0 Å². The number of carbonyl (C=O) groups is 1. The predicted molar refractivity (Wildman–Crippen MR) is 121 cm³/mol. The van der Waals surface area contributed by atoms with Gasteiger partial charge in [0.05, 0.1) is 22.8 Å². The molecule has 0 radical (unpaired) electrons. The minimum Gasteiger partial charge on any atom is -0.462 e. The lowest BCUT2D eigenvalue weighted by Gasteiger charge is -2.13. The first kappa shape index (κ1) is 22.0. The highest BCUT2D eigenvalue weighted by molar-refractivity contribution is 6.20. The van der Waals surface area contributed by atoms with Gasteiger partial charge in [-0.1, -0.05) is 6.92 Å². The summed E-state index contributed by atoms with van der Waals surface area (Å²) >= 11 is 4.78. The van der Waals surface area contributed by atoms with Crippen molar-refractivity contribution < 1.29 is 23.0 Å². The first-order valence-electron chi connectivity index (χ1n) is 10.5. The molecule has 0 fully saturated rings. The summed E-state index contributed by atoms with van der Waals surface area (Å²) in [5, 5.41) is 10.9. The third kappa shape index (κ3) is 4.24. The van der Waals surface area contributed by atoms with Crippen molar-refractivity contribution in [2.75, 3.05) is 11.9 Å². The summed E-state index contributed by atoms with van der Waals surface area (Å²) in [7, 11) is 0. The van der Waals surface area contributed by atoms with Crippen molar-refractivity contribution >= 4 is 34.2 Å². The van der Waals surface area contributed by atoms with Gasteiger partial charge in [-0.25, -0.2) is 0 Å². The van der Waals surface area contributed by atoms with Crippen LogP contribution in [0.15, 0.2) is 54.7 Å². The number of amides is 1. The number of imidazole rings is 1. The molecular weight excluding hydrogens is 468 g/mol. The Labute approximate surface area is 197 Å². The number of fused-ring (bicyclic) bond motifs is 3. The van der Waals surface area contributed by atoms with E-state index in [0.717, 1.165) is 11.9 Å². The van der Waals surface area contributed by atoms with Crippen LogP contribution in [0.2, 0.25) is 0 Å². The van der Waals surface area contributed by atoms with Gasteiger partial charge < -0.3 is 14.8 Å². The average molecular weight is 486 g/mol. The fourth-order valence-electron chi connectivity index (χ4n) is 3.91. The highest BCUT2D eigenvalue weighted by Gasteiger charge is 2.29. The molecule has 1 atom stereocenters. The van der Waals surface area contributed by atoms with Crippen LogP contribution >= 0.6 is 11.6 Å². The van der Waals surface area contributed by atoms with E-state index in [4.69, 9.17) is 16.3 Å². The molecule has 34 heavy (non-hydrogen) atoms. The maximum absolute atomic E-state index is 13.1. The standard InChI is InChI=1S/C23H18ClF2N5O3/c1-2-15-12-33-22-29-19-11-13(10-17(20(19)31(15)22)18-4-3-9-27-30-18)21(32)28-14-5-7-16(8-6-14)34-23(24,25)26/h3-11,15H,2,12H2,1H3,(H,28,32)/t15-/m1/s1. The summed E-state index contributed by atoms with van der Waals surface area (Å²) in [5.41, 5.74) is -0.387. The number of carbonyl (C=O) groups excluding carboxylic acids is 1. The van der Waals surface area contributed by atoms with Gasteiger partial charge in [-0.15, -0.1) is 8.78 Å². The number of anilines is 1. The van der Waals surface area contributed by atoms with Gasteiger partial charge in [0.15, 0.2) is 0 Å². The number of aromatic nitrogens is 4. The Hall–Kier alpha value is -3.79. The summed E-state index contributed by atoms with van der Waals surface area (Å²) in [6.07, 6.45) is 2.43. The molecule has 0 saturated heterocycles. The molecule has 2 aromatic heterocycles. The first-order chi connectivity index (χ1) is 16.3. The number of nitrogens with one attached hydrogen (secondary N) is 1. The van der Waals surface area contributed by atoms with E-state index in [2.05, 4.69) is 32.2 Å². The second-order valence-electron chi connectivity index (χ2n) is 7.66. The van der Waals surface area contributed by atoms with Crippen LogP contribution in [-0.4, -0.2) is 37.8 Å². The van der Waals surface area contributed by atoms with E-state index in [1.807, 2.05) is 10.6 Å². The van der Waals surface area contributed by atoms with Gasteiger partial charge in [0, 0.05) is 34.6 Å². The van der Waals surface area contributed by atoms with Crippen molar-refractivity contribution in [3.05, 3.63) is 60.3 Å². The van der Waals surface area contributed by atoms with Gasteiger partial charge in [-0.05, 0) is 55.0 Å². The third-order valence-corrected chi connectivity index (χ3v) is 5.53. The number of ether oxygens (including phenoxy) is 2. The molecule has 5 rings (SSSR count). The zero-order valence-electron chi connectivity index (χ0n) is 17.8. The quantitative estimate of drug-likeness (QED) is 0.375. The highest BCUT2D eigenvalue weighted by atomic mass is 35.5. The summed E-state index contributed by atoms with van der Waals surface area (Å²) in [6.45, 7) is 2.61. The minimum absolute atomic E-state index is 0.121. The van der Waals surface area contributed by atoms with E-state index >= 15 is 0 Å². The van der Waals surface area contributed by atoms with Crippen molar-refractivity contribution in [1.82, 2.24) is 19.7 Å². The molecule has 0 aliphatic carbocycles. The summed E-state index contributed by atoms with van der Waals surface area (Å²) in [6, 6.07) is 13.0. The monoisotopic (exact) mass is 485 g/mol. The largest absolute Gasteiger partial charge is 0.487 e. The number of hydrogen-bond donors (Lipinski definition) is 1. The molecule has 1 amide bonds. The second-order valence-corrected chi connectivity index (χ2v) is 8.10. The molecule has 1 aliphatic rings. The molecule has 2 aromatic carbocycles. The lowest BCUT2D eigenvalue weighted by molar-refractivity contribution is -0.0964. The molecule has 1 aliphatic heterocycles. The maximum atomic E-state index is 13.1. The Morgan fingerprint density at radius 1 is 1.29 bits per heavy atom. The van der Waals surface area contributed by atoms with E-state index in [1.54, 1.807) is 24.4 Å². The SMILES string of the molecule is CC[C@@H]1COc2nc3cc(C(=O)Nc4ccc(OC(F)(F)Cl)cc4)cc(-c4cccnn4)c3n21. The molecular formula is C23H18ClF2N5O3. The van der Waals surface area contributed by atoms with Crippen molar-refractivity contribution in [3.63, 3.8) is 0 Å². The van der Waals surface area contributed by atoms with Crippen LogP contribution in [0.5, 0.6) is 11.8 Å². The van der Waals surface area contributed by atoms with Gasteiger partial charge in [-0.3, -0.25) is 9.36 Å². The molecule has 0 unspecified atom stereocenters. The van der Waals surface area contributed by atoms with Crippen LogP contribution in [0.25, 0.3) is 22.3 Å². The molecule has 3 heterocycles. The summed E-state index contributed by atoms with van der Waals surface area (Å²) < 4.78 is 37.7. The van der Waals surface area contributed by atoms with Gasteiger partial charge in [-0.2, -0.15) is 15.2 Å². The van der Waals surface area contributed by atoms with Crippen LogP contribution in [0, 0.1) is 0 Å². The molecule has 1 N–H and O–H groups in total. The van der Waals surface area contributed by atoms with Crippen molar-refractivity contribution in [1.29, 1.82) is 0 Å². The molecule has 11 heteroatoms. The Bertz CT molecular complexity index is 1360. The number of nitrogens with zero attached hydrogens (tertiary/aromatic N) is 4. The average Bonchev–Trinajstić information content (AvgIpc) is 3.38. The van der Waals surface area contributed by atoms with Gasteiger partial charge >= 0.3 is 5.57 Å². The van der Waals surface area contributed by atoms with E-state index < -0.39 is 11.5 Å². The van der Waals surface area contributed by atoms with E-state index in [1.165, 1.54) is 24.3 Å². The molecule has 0 spiro atoms. The molecule has 8 nitrogen and oxygen atoms in total. The Morgan fingerprint density at radius 3 is 2.76 bits per heavy atom. The zero-order chi connectivity index (χ0) is 23.9. The number of halogens is 3. The van der Waals surface area contributed by atoms with Gasteiger partial charge in [0.1, 0.15) is 12.4 Å². The smallest absolute Gasteiger partial charge is 0.462 e. The summed E-state index contributed by atoms with van der Waals surface area (Å²) in [4.78, 5) is 17.7. The van der Waals surface area contributed by atoms with Gasteiger partial charge in [0.25, 0.3) is 11.9 Å². The van der Waals surface area contributed by atoms with Crippen LogP contribution < -0.4 is 14.8 Å². The van der Waals surface area contributed by atoms with E-state index in [0.29, 0.717) is 40.6 Å². The Morgan fingerprint density at radius 2 is 2.09 bits per heavy atom. The number of alkyl halides is 3. The Kier molecular flexibility index (Phi) is 5.52. The summed E-state index contributed by atoms with van der Waals surface area (Å²) in [5.74, 6) is -0.549. The predicted octanol–water partition coefficient (Wildman–Crippen LogP) is 5.26. The normalized spacial score (nSPS) is 15.1. The number of rotatable bonds is 6. The van der Waals surface area contributed by atoms with Crippen molar-refractivity contribution in [2.45, 2.75) is 25.0 Å². The van der Waals surface area contributed by atoms with Gasteiger partial charge in [0.2, 0.25) is 0 Å². The highest BCUT2D eigenvalue weighted by Crippen LogP contribution is 2.38. The van der Waals surface area contributed by atoms with Crippen LogP contribution in [-0.2, 0) is 0 Å². The van der Waals surface area contributed by atoms with Crippen molar-refractivity contribution in [2.24, 2.45) is 0 Å². The number of benzene rings is 2. The molecule has 4 aromatic rings. The lowest BCUT2D eigenvalue weighted by atomic mass is 10.0. The molecule has 0 bridgehead atoms. The lowest BCUT2D eigenvalue weighted by Crippen LogP contribution is -2.16. The fraction of sp³-hybridized carbons (Fsp3) is 0.217. The topological polar surface area (TPSA) is 91.2 Å². The third-order valence-electron chi connectivity index (χ3n) is 5.45. The van der Waals surface area contributed by atoms with E-state index in [9.17, 15) is 13.6 Å². The van der Waals surface area contributed by atoms with Crippen LogP contribution in [0.3, 0.4) is 0 Å².